The maximum absolute atomic E-state index is 12.6. The molecule has 3 aromatic rings. The second-order valence-corrected chi connectivity index (χ2v) is 9.03. The first-order chi connectivity index (χ1) is 16.2. The van der Waals surface area contributed by atoms with E-state index < -0.39 is 0 Å². The first-order valence-corrected chi connectivity index (χ1v) is 11.9. The third-order valence-electron chi connectivity index (χ3n) is 6.70. The van der Waals surface area contributed by atoms with E-state index in [1.807, 2.05) is 18.2 Å². The van der Waals surface area contributed by atoms with Crippen LogP contribution >= 0.6 is 0 Å². The molecule has 2 saturated heterocycles. The summed E-state index contributed by atoms with van der Waals surface area (Å²) in [5.41, 5.74) is 1.97. The van der Waals surface area contributed by atoms with Crippen molar-refractivity contribution >= 4 is 23.1 Å². The molecule has 1 aromatic carbocycles. The molecule has 2 aliphatic rings. The van der Waals surface area contributed by atoms with Gasteiger partial charge in [0.2, 0.25) is 5.91 Å². The minimum atomic E-state index is 0.0696. The van der Waals surface area contributed by atoms with Crippen LogP contribution in [0.5, 0.6) is 0 Å². The van der Waals surface area contributed by atoms with Crippen molar-refractivity contribution in [3.05, 3.63) is 48.3 Å². The van der Waals surface area contributed by atoms with Gasteiger partial charge in [-0.2, -0.15) is 4.52 Å². The quantitative estimate of drug-likeness (QED) is 0.613. The lowest BCUT2D eigenvalue weighted by molar-refractivity contribution is -0.121. The summed E-state index contributed by atoms with van der Waals surface area (Å²) in [4.78, 5) is 19.6. The van der Waals surface area contributed by atoms with Crippen LogP contribution < -0.4 is 15.1 Å². The number of nitrogens with one attached hydrogen (secondary N) is 1. The van der Waals surface area contributed by atoms with Gasteiger partial charge in [0.15, 0.2) is 11.5 Å². The normalized spacial score (nSPS) is 18.1. The molecular weight excluding hydrogens is 416 g/mol. The van der Waals surface area contributed by atoms with Crippen LogP contribution in [-0.4, -0.2) is 83.0 Å². The van der Waals surface area contributed by atoms with Gasteiger partial charge in [0, 0.05) is 63.8 Å². The van der Waals surface area contributed by atoms with Gasteiger partial charge >= 0.3 is 0 Å². The SMILES string of the molecule is CN1CCN(c2ccc3nnc(CCC(=O)NC4CCN(c5ccccc5)CC4)n3n2)CC1. The minimum Gasteiger partial charge on any atom is -0.371 e. The summed E-state index contributed by atoms with van der Waals surface area (Å²) in [6, 6.07) is 14.7. The van der Waals surface area contributed by atoms with Crippen LogP contribution in [-0.2, 0) is 11.2 Å². The third kappa shape index (κ3) is 5.08. The average Bonchev–Trinajstić information content (AvgIpc) is 3.26. The molecule has 0 spiro atoms. The average molecular weight is 449 g/mol. The molecule has 0 atom stereocenters. The van der Waals surface area contributed by atoms with Crippen LogP contribution in [0.3, 0.4) is 0 Å². The maximum atomic E-state index is 12.6. The molecule has 9 heteroatoms. The number of aryl methyl sites for hydroxylation is 1. The largest absolute Gasteiger partial charge is 0.371 e. The maximum Gasteiger partial charge on any atom is 0.220 e. The minimum absolute atomic E-state index is 0.0696. The standard InChI is InChI=1S/C24H32N8O/c1-29-15-17-31(18-16-29)23-8-7-21-26-27-22(32(21)28-23)9-10-24(33)25-19-11-13-30(14-12-19)20-5-3-2-4-6-20/h2-8,19H,9-18H2,1H3,(H,25,33). The van der Waals surface area contributed by atoms with Gasteiger partial charge in [0.1, 0.15) is 5.82 Å². The predicted octanol–water partition coefficient (Wildman–Crippen LogP) is 1.59. The summed E-state index contributed by atoms with van der Waals surface area (Å²) < 4.78 is 1.79. The van der Waals surface area contributed by atoms with Gasteiger partial charge in [-0.05, 0) is 44.2 Å². The Balaban J connectivity index is 1.14. The third-order valence-corrected chi connectivity index (χ3v) is 6.70. The molecule has 4 heterocycles. The number of fused-ring (bicyclic) bond motifs is 1. The summed E-state index contributed by atoms with van der Waals surface area (Å²) >= 11 is 0. The van der Waals surface area contributed by atoms with Crippen molar-refractivity contribution in [2.24, 2.45) is 0 Å². The van der Waals surface area contributed by atoms with Crippen LogP contribution in [0.4, 0.5) is 11.5 Å². The number of amides is 1. The van der Waals surface area contributed by atoms with Crippen molar-refractivity contribution in [3.8, 4) is 0 Å². The van der Waals surface area contributed by atoms with E-state index in [0.717, 1.165) is 69.4 Å². The molecule has 0 unspecified atom stereocenters. The van der Waals surface area contributed by atoms with Crippen molar-refractivity contribution in [2.45, 2.75) is 31.7 Å². The molecule has 2 fully saturated rings. The highest BCUT2D eigenvalue weighted by molar-refractivity contribution is 5.76. The monoisotopic (exact) mass is 448 g/mol. The Morgan fingerprint density at radius 3 is 2.45 bits per heavy atom. The molecule has 2 aromatic heterocycles. The number of piperidine rings is 1. The Morgan fingerprint density at radius 1 is 0.939 bits per heavy atom. The highest BCUT2D eigenvalue weighted by atomic mass is 16.1. The lowest BCUT2D eigenvalue weighted by Gasteiger charge is -2.34. The second-order valence-electron chi connectivity index (χ2n) is 9.03. The van der Waals surface area contributed by atoms with E-state index in [1.165, 1.54) is 5.69 Å². The Hall–Kier alpha value is -3.20. The van der Waals surface area contributed by atoms with Crippen molar-refractivity contribution in [3.63, 3.8) is 0 Å². The van der Waals surface area contributed by atoms with Gasteiger partial charge in [-0.25, -0.2) is 0 Å². The van der Waals surface area contributed by atoms with E-state index in [-0.39, 0.29) is 11.9 Å². The van der Waals surface area contributed by atoms with Gasteiger partial charge < -0.3 is 20.0 Å². The summed E-state index contributed by atoms with van der Waals surface area (Å²) in [6.07, 6.45) is 2.84. The van der Waals surface area contributed by atoms with Crippen molar-refractivity contribution in [1.82, 2.24) is 30.0 Å². The van der Waals surface area contributed by atoms with Crippen LogP contribution in [0.25, 0.3) is 5.65 Å². The lowest BCUT2D eigenvalue weighted by atomic mass is 10.0. The molecular formula is C24H32N8O. The Labute approximate surface area is 194 Å². The van der Waals surface area contributed by atoms with Crippen molar-refractivity contribution in [2.75, 3.05) is 56.1 Å². The van der Waals surface area contributed by atoms with Crippen LogP contribution in [0, 0.1) is 0 Å². The Morgan fingerprint density at radius 2 is 1.70 bits per heavy atom. The van der Waals surface area contributed by atoms with E-state index in [4.69, 9.17) is 5.10 Å². The van der Waals surface area contributed by atoms with E-state index >= 15 is 0 Å². The lowest BCUT2D eigenvalue weighted by Crippen LogP contribution is -2.45. The molecule has 9 nitrogen and oxygen atoms in total. The van der Waals surface area contributed by atoms with Crippen LogP contribution in [0.2, 0.25) is 0 Å². The summed E-state index contributed by atoms with van der Waals surface area (Å²) in [5.74, 6) is 1.74. The van der Waals surface area contributed by atoms with Gasteiger partial charge in [-0.1, -0.05) is 18.2 Å². The number of carbonyl (C=O) groups is 1. The molecule has 174 valence electrons. The fourth-order valence-corrected chi connectivity index (χ4v) is 4.63. The van der Waals surface area contributed by atoms with Crippen molar-refractivity contribution < 1.29 is 4.79 Å². The first-order valence-electron chi connectivity index (χ1n) is 11.9. The molecule has 1 N–H and O–H groups in total. The number of hydrogen-bond donors (Lipinski definition) is 1. The molecule has 5 rings (SSSR count). The topological polar surface area (TPSA) is 81.9 Å². The second kappa shape index (κ2) is 9.74. The van der Waals surface area contributed by atoms with Crippen molar-refractivity contribution in [1.29, 1.82) is 0 Å². The van der Waals surface area contributed by atoms with Crippen LogP contribution in [0.1, 0.15) is 25.1 Å². The number of piperazine rings is 1. The number of aromatic nitrogens is 4. The summed E-state index contributed by atoms with van der Waals surface area (Å²) in [6.45, 7) is 5.89. The zero-order valence-electron chi connectivity index (χ0n) is 19.2. The number of likely N-dealkylation sites (N-methyl/N-ethyl adjacent to an activating group) is 1. The number of anilines is 2. The summed E-state index contributed by atoms with van der Waals surface area (Å²) in [5, 5.41) is 16.5. The van der Waals surface area contributed by atoms with E-state index in [1.54, 1.807) is 4.52 Å². The Bertz CT molecular complexity index is 1070. The number of rotatable bonds is 6. The highest BCUT2D eigenvalue weighted by Gasteiger charge is 2.21. The molecule has 2 aliphatic heterocycles. The number of benzene rings is 1. The van der Waals surface area contributed by atoms with Gasteiger partial charge in [-0.3, -0.25) is 4.79 Å². The molecule has 0 saturated carbocycles. The zero-order chi connectivity index (χ0) is 22.6. The molecule has 33 heavy (non-hydrogen) atoms. The molecule has 1 amide bonds. The number of carbonyl (C=O) groups excluding carboxylic acids is 1. The van der Waals surface area contributed by atoms with Gasteiger partial charge in [0.05, 0.1) is 0 Å². The van der Waals surface area contributed by atoms with Gasteiger partial charge in [0.25, 0.3) is 0 Å². The molecule has 0 bridgehead atoms. The van der Waals surface area contributed by atoms with Crippen LogP contribution in [0.15, 0.2) is 42.5 Å². The van der Waals surface area contributed by atoms with E-state index in [2.05, 4.69) is 61.5 Å². The number of nitrogens with zero attached hydrogens (tertiary/aromatic N) is 7. The van der Waals surface area contributed by atoms with E-state index in [9.17, 15) is 4.79 Å². The first kappa shape index (κ1) is 21.6. The molecule has 0 aliphatic carbocycles. The number of hydrogen-bond acceptors (Lipinski definition) is 7. The Kier molecular flexibility index (Phi) is 6.39. The fraction of sp³-hybridized carbons (Fsp3) is 0.500. The fourth-order valence-electron chi connectivity index (χ4n) is 4.63. The number of para-hydroxylation sites is 1. The van der Waals surface area contributed by atoms with E-state index in [0.29, 0.717) is 12.8 Å². The smallest absolute Gasteiger partial charge is 0.220 e. The predicted molar refractivity (Wildman–Crippen MR) is 129 cm³/mol. The summed E-state index contributed by atoms with van der Waals surface area (Å²) in [7, 11) is 2.14. The molecule has 0 radical (unpaired) electrons. The zero-order valence-corrected chi connectivity index (χ0v) is 19.2. The highest BCUT2D eigenvalue weighted by Crippen LogP contribution is 2.20. The van der Waals surface area contributed by atoms with Gasteiger partial charge in [-0.15, -0.1) is 15.3 Å².